The molecule has 0 saturated carbocycles. The number of amides is 1. The molecular weight excluding hydrogens is 399 g/mol. The summed E-state index contributed by atoms with van der Waals surface area (Å²) in [5.41, 5.74) is -0.221. The zero-order chi connectivity index (χ0) is 21.7. The highest BCUT2D eigenvalue weighted by molar-refractivity contribution is 5.79. The van der Waals surface area contributed by atoms with E-state index >= 15 is 0 Å². The molecule has 7 nitrogen and oxygen atoms in total. The van der Waals surface area contributed by atoms with Gasteiger partial charge in [-0.15, -0.1) is 0 Å². The predicted octanol–water partition coefficient (Wildman–Crippen LogP) is 3.21. The van der Waals surface area contributed by atoms with Crippen LogP contribution in [0.2, 0.25) is 0 Å². The van der Waals surface area contributed by atoms with Crippen molar-refractivity contribution in [1.82, 2.24) is 20.4 Å². The van der Waals surface area contributed by atoms with E-state index in [4.69, 9.17) is 4.52 Å². The predicted molar refractivity (Wildman–Crippen MR) is 104 cm³/mol. The van der Waals surface area contributed by atoms with Gasteiger partial charge in [-0.3, -0.25) is 4.79 Å². The number of nitrogens with one attached hydrogen (secondary N) is 1. The quantitative estimate of drug-likeness (QED) is 0.795. The summed E-state index contributed by atoms with van der Waals surface area (Å²) in [7, 11) is 0. The Morgan fingerprint density at radius 1 is 1.03 bits per heavy atom. The van der Waals surface area contributed by atoms with Crippen molar-refractivity contribution in [3.8, 4) is 0 Å². The maximum Gasteiger partial charge on any atom is 0.455 e. The lowest BCUT2D eigenvalue weighted by atomic mass is 9.90. The van der Waals surface area contributed by atoms with Crippen molar-refractivity contribution < 1.29 is 22.5 Å². The molecule has 30 heavy (non-hydrogen) atoms. The minimum Gasteiger partial charge on any atom is -0.351 e. The minimum absolute atomic E-state index is 0.00849. The van der Waals surface area contributed by atoms with Crippen molar-refractivity contribution in [3.63, 3.8) is 0 Å². The standard InChI is InChI=1S/C20H30F3N5O2/c1-19(2,3)25-16(29)12-6-8-27(9-7-12)15-10-13-4-5-14(11-15)28(13)18-24-17(26-30-18)20(21,22)23/h12-15H,4-11H2,1-3H3,(H,25,29)/t13-,14+,15+. The van der Waals surface area contributed by atoms with Crippen molar-refractivity contribution in [2.45, 2.75) is 89.1 Å². The number of carbonyl (C=O) groups excluding carboxylic acids is 1. The van der Waals surface area contributed by atoms with Gasteiger partial charge in [0.15, 0.2) is 0 Å². The number of hydrogen-bond donors (Lipinski definition) is 1. The Labute approximate surface area is 174 Å². The summed E-state index contributed by atoms with van der Waals surface area (Å²) >= 11 is 0. The molecular formula is C20H30F3N5O2. The molecule has 168 valence electrons. The van der Waals surface area contributed by atoms with Gasteiger partial charge in [0, 0.05) is 29.6 Å². The summed E-state index contributed by atoms with van der Waals surface area (Å²) in [6.45, 7) is 7.73. The van der Waals surface area contributed by atoms with E-state index in [0.29, 0.717) is 6.04 Å². The molecule has 1 amide bonds. The van der Waals surface area contributed by atoms with Crippen molar-refractivity contribution in [3.05, 3.63) is 5.82 Å². The van der Waals surface area contributed by atoms with Crippen molar-refractivity contribution >= 4 is 11.9 Å². The van der Waals surface area contributed by atoms with Crippen LogP contribution in [0.25, 0.3) is 0 Å². The fourth-order valence-corrected chi connectivity index (χ4v) is 5.19. The first-order chi connectivity index (χ1) is 14.0. The molecule has 0 radical (unpaired) electrons. The molecule has 10 heteroatoms. The number of fused-ring (bicyclic) bond motifs is 2. The number of rotatable bonds is 3. The van der Waals surface area contributed by atoms with Crippen LogP contribution in [0.1, 0.15) is 65.1 Å². The molecule has 3 aliphatic rings. The van der Waals surface area contributed by atoms with E-state index in [0.717, 1.165) is 51.6 Å². The molecule has 3 aliphatic heterocycles. The second-order valence-electron chi connectivity index (χ2n) is 9.87. The number of likely N-dealkylation sites (tertiary alicyclic amines) is 1. The fraction of sp³-hybridized carbons (Fsp3) is 0.850. The Hall–Kier alpha value is -1.84. The number of anilines is 1. The first kappa shape index (κ1) is 21.4. The van der Waals surface area contributed by atoms with E-state index in [1.165, 1.54) is 0 Å². The van der Waals surface area contributed by atoms with Gasteiger partial charge in [-0.05, 0) is 77.5 Å². The van der Waals surface area contributed by atoms with Crippen LogP contribution in [0.3, 0.4) is 0 Å². The Balaban J connectivity index is 1.34. The van der Waals surface area contributed by atoms with E-state index < -0.39 is 12.0 Å². The Kier molecular flexibility index (Phi) is 5.48. The van der Waals surface area contributed by atoms with Crippen LogP contribution >= 0.6 is 0 Å². The summed E-state index contributed by atoms with van der Waals surface area (Å²) in [5.74, 6) is -1.03. The van der Waals surface area contributed by atoms with Gasteiger partial charge in [-0.2, -0.15) is 18.2 Å². The largest absolute Gasteiger partial charge is 0.455 e. The number of nitrogens with zero attached hydrogens (tertiary/aromatic N) is 4. The van der Waals surface area contributed by atoms with Crippen LogP contribution in [0.4, 0.5) is 19.2 Å². The van der Waals surface area contributed by atoms with Crippen molar-refractivity contribution in [2.75, 3.05) is 18.0 Å². The molecule has 1 N–H and O–H groups in total. The van der Waals surface area contributed by atoms with Gasteiger partial charge < -0.3 is 19.6 Å². The zero-order valence-electron chi connectivity index (χ0n) is 17.7. The lowest BCUT2D eigenvalue weighted by Crippen LogP contribution is -2.53. The van der Waals surface area contributed by atoms with Crippen LogP contribution < -0.4 is 10.2 Å². The van der Waals surface area contributed by atoms with Crippen LogP contribution in [-0.2, 0) is 11.0 Å². The van der Waals surface area contributed by atoms with E-state index in [2.05, 4.69) is 20.4 Å². The highest BCUT2D eigenvalue weighted by Gasteiger charge is 2.46. The monoisotopic (exact) mass is 429 g/mol. The summed E-state index contributed by atoms with van der Waals surface area (Å²) in [5, 5.41) is 6.19. The molecule has 3 atom stereocenters. The molecule has 0 aromatic carbocycles. The van der Waals surface area contributed by atoms with Crippen molar-refractivity contribution in [1.29, 1.82) is 0 Å². The van der Waals surface area contributed by atoms with Crippen LogP contribution in [-0.4, -0.2) is 57.7 Å². The molecule has 3 saturated heterocycles. The average molecular weight is 429 g/mol. The molecule has 4 rings (SSSR count). The first-order valence-corrected chi connectivity index (χ1v) is 10.8. The van der Waals surface area contributed by atoms with Gasteiger partial charge in [0.2, 0.25) is 5.91 Å². The molecule has 2 bridgehead atoms. The summed E-state index contributed by atoms with van der Waals surface area (Å²) in [6.07, 6.45) is 0.692. The second-order valence-corrected chi connectivity index (χ2v) is 9.87. The van der Waals surface area contributed by atoms with Gasteiger partial charge in [0.1, 0.15) is 0 Å². The van der Waals surface area contributed by atoms with E-state index in [9.17, 15) is 18.0 Å². The molecule has 4 heterocycles. The highest BCUT2D eigenvalue weighted by atomic mass is 19.4. The third kappa shape index (κ3) is 4.43. The molecule has 0 unspecified atom stereocenters. The molecule has 0 aliphatic carbocycles. The zero-order valence-corrected chi connectivity index (χ0v) is 17.7. The van der Waals surface area contributed by atoms with E-state index in [-0.39, 0.29) is 35.5 Å². The number of hydrogen-bond acceptors (Lipinski definition) is 6. The maximum absolute atomic E-state index is 12.8. The van der Waals surface area contributed by atoms with Gasteiger partial charge in [-0.1, -0.05) is 0 Å². The lowest BCUT2D eigenvalue weighted by molar-refractivity contribution is -0.146. The third-order valence-corrected chi connectivity index (χ3v) is 6.51. The second kappa shape index (κ2) is 7.69. The molecule has 1 aromatic heterocycles. The maximum atomic E-state index is 12.8. The average Bonchev–Trinajstić information content (AvgIpc) is 3.22. The number of alkyl halides is 3. The van der Waals surface area contributed by atoms with Gasteiger partial charge in [0.05, 0.1) is 0 Å². The SMILES string of the molecule is CC(C)(C)NC(=O)C1CCN([C@H]2C[C@H]3CC[C@@H](C2)N3c2nc(C(F)(F)F)no2)CC1. The molecule has 1 aromatic rings. The third-order valence-electron chi connectivity index (χ3n) is 6.51. The van der Waals surface area contributed by atoms with Crippen LogP contribution in [0.5, 0.6) is 0 Å². The summed E-state index contributed by atoms with van der Waals surface area (Å²) in [4.78, 5) is 20.4. The summed E-state index contributed by atoms with van der Waals surface area (Å²) in [6, 6.07) is 0.621. The van der Waals surface area contributed by atoms with E-state index in [1.54, 1.807) is 0 Å². The highest BCUT2D eigenvalue weighted by Crippen LogP contribution is 2.41. The fourth-order valence-electron chi connectivity index (χ4n) is 5.19. The van der Waals surface area contributed by atoms with Crippen LogP contribution in [0.15, 0.2) is 4.52 Å². The molecule has 0 spiro atoms. The Bertz CT molecular complexity index is 753. The summed E-state index contributed by atoms with van der Waals surface area (Å²) < 4.78 is 43.4. The smallest absolute Gasteiger partial charge is 0.351 e. The number of piperidine rings is 2. The Morgan fingerprint density at radius 3 is 2.13 bits per heavy atom. The number of halogens is 3. The molecule has 3 fully saturated rings. The minimum atomic E-state index is -4.59. The van der Waals surface area contributed by atoms with Gasteiger partial charge >= 0.3 is 12.2 Å². The number of carbonyl (C=O) groups is 1. The van der Waals surface area contributed by atoms with Gasteiger partial charge in [0.25, 0.3) is 5.82 Å². The van der Waals surface area contributed by atoms with Crippen molar-refractivity contribution in [2.24, 2.45) is 5.92 Å². The normalized spacial score (nSPS) is 28.7. The first-order valence-electron chi connectivity index (χ1n) is 10.8. The topological polar surface area (TPSA) is 74.5 Å². The van der Waals surface area contributed by atoms with E-state index in [1.807, 2.05) is 25.7 Å². The van der Waals surface area contributed by atoms with Gasteiger partial charge in [-0.25, -0.2) is 0 Å². The Morgan fingerprint density at radius 2 is 1.63 bits per heavy atom. The van der Waals surface area contributed by atoms with Crippen LogP contribution in [0, 0.1) is 5.92 Å². The number of aromatic nitrogens is 2. The lowest BCUT2D eigenvalue weighted by Gasteiger charge is -2.44.